The molecule has 5 rings (SSSR count). The third-order valence-electron chi connectivity index (χ3n) is 7.19. The molecule has 0 saturated carbocycles. The number of Topliss-reactive ketones (excluding diaryl/α,β-unsaturated/α-hetero) is 1. The average Bonchev–Trinajstić information content (AvgIpc) is 3.16. The highest BCUT2D eigenvalue weighted by Gasteiger charge is 2.62. The molecule has 1 aliphatic carbocycles. The number of amides is 1. The number of hydrogen-bond acceptors (Lipinski definition) is 8. The van der Waals surface area contributed by atoms with Crippen LogP contribution in [0.4, 0.5) is 11.4 Å². The molecule has 1 atom stereocenters. The third kappa shape index (κ3) is 3.60. The summed E-state index contributed by atoms with van der Waals surface area (Å²) in [5.41, 5.74) is 8.54. The fourth-order valence-electron chi connectivity index (χ4n) is 5.68. The number of carbonyl (C=O) groups excluding carboxylic acids is 4. The normalized spacial score (nSPS) is 20.3. The van der Waals surface area contributed by atoms with Crippen LogP contribution in [0, 0.1) is 6.92 Å². The van der Waals surface area contributed by atoms with Crippen molar-refractivity contribution in [3.05, 3.63) is 81.8 Å². The van der Waals surface area contributed by atoms with Gasteiger partial charge in [-0.15, -0.1) is 0 Å². The number of carbonyl (C=O) groups is 4. The number of anilines is 2. The van der Waals surface area contributed by atoms with Crippen molar-refractivity contribution in [1.82, 2.24) is 0 Å². The van der Waals surface area contributed by atoms with Crippen molar-refractivity contribution in [3.8, 4) is 0 Å². The molecule has 0 fully saturated rings. The molecule has 196 valence electrons. The minimum absolute atomic E-state index is 0.00490. The Hall–Kier alpha value is -4.40. The summed E-state index contributed by atoms with van der Waals surface area (Å²) in [7, 11) is 0. The molecular weight excluding hydrogens is 486 g/mol. The highest BCUT2D eigenvalue weighted by Crippen LogP contribution is 2.55. The number of esters is 2. The van der Waals surface area contributed by atoms with Crippen molar-refractivity contribution in [2.24, 2.45) is 5.73 Å². The second-order valence-corrected chi connectivity index (χ2v) is 9.44. The first-order valence-electron chi connectivity index (χ1n) is 12.7. The Morgan fingerprint density at radius 3 is 2.37 bits per heavy atom. The first kappa shape index (κ1) is 25.3. The Labute approximate surface area is 220 Å². The number of hydrogen-bond donors (Lipinski definition) is 2. The van der Waals surface area contributed by atoms with E-state index in [2.05, 4.69) is 5.32 Å². The molecule has 0 saturated heterocycles. The summed E-state index contributed by atoms with van der Waals surface area (Å²) in [5.74, 6) is -1.96. The molecule has 2 heterocycles. The summed E-state index contributed by atoms with van der Waals surface area (Å²) in [6.45, 7) is 5.58. The maximum Gasteiger partial charge on any atom is 0.339 e. The molecule has 2 aromatic carbocycles. The lowest BCUT2D eigenvalue weighted by Crippen LogP contribution is -2.53. The first-order chi connectivity index (χ1) is 18.2. The van der Waals surface area contributed by atoms with Crippen LogP contribution in [0.2, 0.25) is 0 Å². The molecular formula is C29H29N3O6. The predicted molar refractivity (Wildman–Crippen MR) is 140 cm³/mol. The SMILES string of the molecule is CCOC(=O)C1=C(N)N(c2ccc(C(=O)OCC)cc2)C2=C(C(=O)CCC2)C12C(=O)Nc1ccc(C)cc12. The minimum atomic E-state index is -1.73. The molecule has 3 aliphatic rings. The van der Waals surface area contributed by atoms with Gasteiger partial charge in [-0.3, -0.25) is 14.5 Å². The van der Waals surface area contributed by atoms with Gasteiger partial charge in [-0.2, -0.15) is 0 Å². The summed E-state index contributed by atoms with van der Waals surface area (Å²) in [5, 5.41) is 2.88. The van der Waals surface area contributed by atoms with Gasteiger partial charge in [0.05, 0.1) is 18.8 Å². The van der Waals surface area contributed by atoms with Crippen LogP contribution in [0.15, 0.2) is 65.1 Å². The molecule has 0 bridgehead atoms. The number of nitrogens with one attached hydrogen (secondary N) is 1. The third-order valence-corrected chi connectivity index (χ3v) is 7.19. The second kappa shape index (κ2) is 9.48. The molecule has 2 aromatic rings. The van der Waals surface area contributed by atoms with Crippen molar-refractivity contribution in [3.63, 3.8) is 0 Å². The molecule has 0 radical (unpaired) electrons. The van der Waals surface area contributed by atoms with E-state index >= 15 is 0 Å². The fraction of sp³-hybridized carbons (Fsp3) is 0.310. The van der Waals surface area contributed by atoms with Crippen molar-refractivity contribution in [2.45, 2.75) is 45.4 Å². The Morgan fingerprint density at radius 2 is 1.68 bits per heavy atom. The molecule has 1 amide bonds. The largest absolute Gasteiger partial charge is 0.462 e. The average molecular weight is 516 g/mol. The molecule has 9 heteroatoms. The summed E-state index contributed by atoms with van der Waals surface area (Å²) in [6, 6.07) is 12.0. The smallest absolute Gasteiger partial charge is 0.339 e. The first-order valence-corrected chi connectivity index (χ1v) is 12.7. The minimum Gasteiger partial charge on any atom is -0.462 e. The van der Waals surface area contributed by atoms with E-state index in [-0.39, 0.29) is 42.4 Å². The summed E-state index contributed by atoms with van der Waals surface area (Å²) < 4.78 is 10.5. The lowest BCUT2D eigenvalue weighted by molar-refractivity contribution is -0.140. The van der Waals surface area contributed by atoms with Crippen molar-refractivity contribution >= 4 is 35.0 Å². The summed E-state index contributed by atoms with van der Waals surface area (Å²) >= 11 is 0. The topological polar surface area (TPSA) is 128 Å². The Bertz CT molecular complexity index is 1440. The molecule has 38 heavy (non-hydrogen) atoms. The highest BCUT2D eigenvalue weighted by molar-refractivity contribution is 6.23. The number of nitrogens with zero attached hydrogens (tertiary/aromatic N) is 1. The van der Waals surface area contributed by atoms with E-state index in [1.165, 1.54) is 0 Å². The maximum atomic E-state index is 13.9. The van der Waals surface area contributed by atoms with E-state index in [4.69, 9.17) is 15.2 Å². The van der Waals surface area contributed by atoms with Gasteiger partial charge in [0.25, 0.3) is 0 Å². The number of benzene rings is 2. The van der Waals surface area contributed by atoms with Crippen LogP contribution in [0.1, 0.15) is 54.6 Å². The lowest BCUT2D eigenvalue weighted by atomic mass is 9.63. The second-order valence-electron chi connectivity index (χ2n) is 9.44. The zero-order valence-electron chi connectivity index (χ0n) is 21.6. The maximum absolute atomic E-state index is 13.9. The van der Waals surface area contributed by atoms with Crippen LogP contribution in [0.5, 0.6) is 0 Å². The monoisotopic (exact) mass is 515 g/mol. The van der Waals surface area contributed by atoms with E-state index in [0.717, 1.165) is 5.56 Å². The number of nitrogens with two attached hydrogens (primary N) is 1. The van der Waals surface area contributed by atoms with Crippen LogP contribution in [0.25, 0.3) is 0 Å². The number of rotatable bonds is 5. The van der Waals surface area contributed by atoms with Gasteiger partial charge < -0.3 is 20.5 Å². The van der Waals surface area contributed by atoms with Gasteiger partial charge in [0.1, 0.15) is 16.8 Å². The quantitative estimate of drug-likeness (QED) is 0.578. The van der Waals surface area contributed by atoms with Crippen molar-refractivity contribution in [1.29, 1.82) is 0 Å². The van der Waals surface area contributed by atoms with E-state index in [9.17, 15) is 19.2 Å². The van der Waals surface area contributed by atoms with Crippen LogP contribution in [0.3, 0.4) is 0 Å². The zero-order chi connectivity index (χ0) is 27.2. The molecule has 1 spiro atoms. The number of ketones is 1. The molecule has 3 N–H and O–H groups in total. The van der Waals surface area contributed by atoms with Gasteiger partial charge in [0.15, 0.2) is 5.78 Å². The van der Waals surface area contributed by atoms with Gasteiger partial charge in [-0.25, -0.2) is 9.59 Å². The standard InChI is InChI=1S/C29H29N3O6/c1-4-37-26(34)17-10-12-18(13-11-17)32-21-7-6-8-22(33)23(21)29(24(25(32)30)27(35)38-5-2)19-15-16(3)9-14-20(19)31-28(29)36/h9-15H,4-8,30H2,1-3H3,(H,31,36). The summed E-state index contributed by atoms with van der Waals surface area (Å²) in [6.07, 6.45) is 1.27. The van der Waals surface area contributed by atoms with Crippen LogP contribution >= 0.6 is 0 Å². The van der Waals surface area contributed by atoms with Crippen molar-refractivity contribution in [2.75, 3.05) is 23.4 Å². The highest BCUT2D eigenvalue weighted by atomic mass is 16.5. The van der Waals surface area contributed by atoms with E-state index < -0.39 is 23.3 Å². The van der Waals surface area contributed by atoms with E-state index in [1.807, 2.05) is 19.1 Å². The van der Waals surface area contributed by atoms with E-state index in [1.54, 1.807) is 49.1 Å². The number of ether oxygens (including phenoxy) is 2. The zero-order valence-corrected chi connectivity index (χ0v) is 21.6. The molecule has 1 unspecified atom stereocenters. The van der Waals surface area contributed by atoms with Crippen LogP contribution in [-0.2, 0) is 29.3 Å². The fourth-order valence-corrected chi connectivity index (χ4v) is 5.68. The van der Waals surface area contributed by atoms with Crippen LogP contribution in [-0.4, -0.2) is 36.8 Å². The molecule has 2 aliphatic heterocycles. The predicted octanol–water partition coefficient (Wildman–Crippen LogP) is 3.62. The molecule has 0 aromatic heterocycles. The van der Waals surface area contributed by atoms with E-state index in [0.29, 0.717) is 41.0 Å². The summed E-state index contributed by atoms with van der Waals surface area (Å²) in [4.78, 5) is 55.1. The molecule has 9 nitrogen and oxygen atoms in total. The van der Waals surface area contributed by atoms with Crippen molar-refractivity contribution < 1.29 is 28.7 Å². The van der Waals surface area contributed by atoms with Gasteiger partial charge in [-0.05, 0) is 63.9 Å². The Morgan fingerprint density at radius 1 is 1.00 bits per heavy atom. The van der Waals surface area contributed by atoms with Crippen LogP contribution < -0.4 is 16.0 Å². The number of aryl methyl sites for hydroxylation is 1. The van der Waals surface area contributed by atoms with Gasteiger partial charge >= 0.3 is 11.9 Å². The van der Waals surface area contributed by atoms with Gasteiger partial charge in [0, 0.05) is 34.6 Å². The van der Waals surface area contributed by atoms with Gasteiger partial charge in [-0.1, -0.05) is 17.7 Å². The number of fused-ring (bicyclic) bond motifs is 3. The van der Waals surface area contributed by atoms with Gasteiger partial charge in [0.2, 0.25) is 5.91 Å². The Kier molecular flexibility index (Phi) is 6.30. The lowest BCUT2D eigenvalue weighted by Gasteiger charge is -2.44. The Balaban J connectivity index is 1.80. The number of allylic oxidation sites excluding steroid dienone is 1.